The first kappa shape index (κ1) is 17.7. The average Bonchev–Trinajstić information content (AvgIpc) is 2.58. The fraction of sp³-hybridized carbons (Fsp3) is 0.375. The van der Waals surface area contributed by atoms with Crippen molar-refractivity contribution in [2.45, 2.75) is 12.7 Å². The lowest BCUT2D eigenvalue weighted by Gasteiger charge is -2.34. The summed E-state index contributed by atoms with van der Waals surface area (Å²) in [7, 11) is -3.72. The third kappa shape index (κ3) is 4.10. The predicted molar refractivity (Wildman–Crippen MR) is 89.5 cm³/mol. The lowest BCUT2D eigenvalue weighted by atomic mass is 10.2. The van der Waals surface area contributed by atoms with Gasteiger partial charge >= 0.3 is 0 Å². The molecule has 134 valence electrons. The van der Waals surface area contributed by atoms with Gasteiger partial charge in [-0.3, -0.25) is 0 Å². The van der Waals surface area contributed by atoms with Crippen molar-refractivity contribution in [1.29, 1.82) is 0 Å². The normalized spacial score (nSPS) is 16.2. The molecule has 3 rings (SSSR count). The number of aryl methyl sites for hydroxylation is 1. The molecule has 2 heterocycles. The second-order valence-corrected chi connectivity index (χ2v) is 7.86. The zero-order valence-corrected chi connectivity index (χ0v) is 14.5. The van der Waals surface area contributed by atoms with Crippen LogP contribution in [-0.4, -0.2) is 48.9 Å². The second-order valence-electron chi connectivity index (χ2n) is 5.90. The summed E-state index contributed by atoms with van der Waals surface area (Å²) >= 11 is 0. The molecule has 0 radical (unpaired) electrons. The Balaban J connectivity index is 1.68. The molecule has 1 fully saturated rings. The van der Waals surface area contributed by atoms with E-state index in [0.717, 1.165) is 29.7 Å². The van der Waals surface area contributed by atoms with Crippen LogP contribution in [0.15, 0.2) is 30.6 Å². The van der Waals surface area contributed by atoms with Gasteiger partial charge in [0, 0.05) is 43.5 Å². The highest BCUT2D eigenvalue weighted by Crippen LogP contribution is 2.19. The van der Waals surface area contributed by atoms with Crippen LogP contribution in [0.2, 0.25) is 0 Å². The fourth-order valence-electron chi connectivity index (χ4n) is 2.75. The highest BCUT2D eigenvalue weighted by Gasteiger charge is 2.28. The molecule has 1 aromatic heterocycles. The average molecular weight is 368 g/mol. The summed E-state index contributed by atoms with van der Waals surface area (Å²) in [6.45, 7) is 3.34. The molecule has 0 bridgehead atoms. The Labute approximate surface area is 145 Å². The summed E-state index contributed by atoms with van der Waals surface area (Å²) in [5, 5.41) is 0. The SMILES string of the molecule is Cc1cc(N2CCN(S(=O)(=O)Cc3cc(F)ccc3F)CC2)ncn1. The summed E-state index contributed by atoms with van der Waals surface area (Å²) in [5.41, 5.74) is 0.676. The highest BCUT2D eigenvalue weighted by atomic mass is 32.2. The van der Waals surface area contributed by atoms with Crippen LogP contribution in [-0.2, 0) is 15.8 Å². The fourth-order valence-corrected chi connectivity index (χ4v) is 4.27. The maximum Gasteiger partial charge on any atom is 0.218 e. The molecule has 25 heavy (non-hydrogen) atoms. The van der Waals surface area contributed by atoms with Crippen molar-refractivity contribution in [2.75, 3.05) is 31.1 Å². The first-order valence-corrected chi connectivity index (χ1v) is 9.41. The Kier molecular flexibility index (Phi) is 4.96. The highest BCUT2D eigenvalue weighted by molar-refractivity contribution is 7.88. The summed E-state index contributed by atoms with van der Waals surface area (Å²) in [6.07, 6.45) is 1.47. The molecule has 0 spiro atoms. The second kappa shape index (κ2) is 7.01. The van der Waals surface area contributed by atoms with E-state index in [4.69, 9.17) is 0 Å². The Bertz CT molecular complexity index is 868. The summed E-state index contributed by atoms with van der Waals surface area (Å²) < 4.78 is 53.3. The zero-order chi connectivity index (χ0) is 18.0. The first-order chi connectivity index (χ1) is 11.8. The van der Waals surface area contributed by atoms with E-state index in [0.29, 0.717) is 13.1 Å². The van der Waals surface area contributed by atoms with Gasteiger partial charge in [-0.15, -0.1) is 0 Å². The van der Waals surface area contributed by atoms with Crippen LogP contribution >= 0.6 is 0 Å². The molecule has 2 aromatic rings. The van der Waals surface area contributed by atoms with Crippen molar-refractivity contribution in [3.8, 4) is 0 Å². The summed E-state index contributed by atoms with van der Waals surface area (Å²) in [4.78, 5) is 10.2. The van der Waals surface area contributed by atoms with Crippen LogP contribution in [0.4, 0.5) is 14.6 Å². The lowest BCUT2D eigenvalue weighted by Crippen LogP contribution is -2.49. The van der Waals surface area contributed by atoms with Gasteiger partial charge < -0.3 is 4.90 Å². The monoisotopic (exact) mass is 368 g/mol. The molecule has 1 aliphatic rings. The van der Waals surface area contributed by atoms with Gasteiger partial charge in [-0.2, -0.15) is 4.31 Å². The van der Waals surface area contributed by atoms with Crippen LogP contribution in [0.1, 0.15) is 11.3 Å². The van der Waals surface area contributed by atoms with Gasteiger partial charge in [0.15, 0.2) is 0 Å². The number of rotatable bonds is 4. The van der Waals surface area contributed by atoms with Gasteiger partial charge in [0.2, 0.25) is 10.0 Å². The molecule has 0 saturated carbocycles. The van der Waals surface area contributed by atoms with E-state index < -0.39 is 27.4 Å². The Morgan fingerprint density at radius 3 is 2.48 bits per heavy atom. The third-order valence-corrected chi connectivity index (χ3v) is 5.92. The van der Waals surface area contributed by atoms with Gasteiger partial charge in [-0.25, -0.2) is 27.2 Å². The van der Waals surface area contributed by atoms with E-state index in [2.05, 4.69) is 9.97 Å². The van der Waals surface area contributed by atoms with Crippen molar-refractivity contribution in [1.82, 2.24) is 14.3 Å². The molecule has 1 aromatic carbocycles. The maximum atomic E-state index is 13.7. The standard InChI is InChI=1S/C16H18F2N4O2S/c1-12-8-16(20-11-19-12)21-4-6-22(7-5-21)25(23,24)10-13-9-14(17)2-3-15(13)18/h2-3,8-9,11H,4-7,10H2,1H3. The van der Waals surface area contributed by atoms with Crippen molar-refractivity contribution in [3.63, 3.8) is 0 Å². The largest absolute Gasteiger partial charge is 0.354 e. The minimum Gasteiger partial charge on any atom is -0.354 e. The van der Waals surface area contributed by atoms with Crippen LogP contribution in [0.5, 0.6) is 0 Å². The smallest absolute Gasteiger partial charge is 0.218 e. The summed E-state index contributed by atoms with van der Waals surface area (Å²) in [6, 6.07) is 4.67. The molecule has 0 aliphatic carbocycles. The van der Waals surface area contributed by atoms with E-state index in [-0.39, 0.29) is 18.7 Å². The Morgan fingerprint density at radius 1 is 1.08 bits per heavy atom. The quantitative estimate of drug-likeness (QED) is 0.822. The minimum absolute atomic E-state index is 0.158. The van der Waals surface area contributed by atoms with Crippen molar-refractivity contribution in [3.05, 3.63) is 53.5 Å². The van der Waals surface area contributed by atoms with Crippen molar-refractivity contribution < 1.29 is 17.2 Å². The van der Waals surface area contributed by atoms with E-state index >= 15 is 0 Å². The number of sulfonamides is 1. The van der Waals surface area contributed by atoms with E-state index in [1.165, 1.54) is 10.6 Å². The first-order valence-electron chi connectivity index (χ1n) is 7.80. The lowest BCUT2D eigenvalue weighted by molar-refractivity contribution is 0.382. The molecule has 1 saturated heterocycles. The van der Waals surface area contributed by atoms with Crippen LogP contribution < -0.4 is 4.90 Å². The number of aromatic nitrogens is 2. The predicted octanol–water partition coefficient (Wildman–Crippen LogP) is 1.72. The van der Waals surface area contributed by atoms with Crippen LogP contribution in [0, 0.1) is 18.6 Å². The van der Waals surface area contributed by atoms with E-state index in [1.54, 1.807) is 0 Å². The number of benzene rings is 1. The number of hydrogen-bond acceptors (Lipinski definition) is 5. The Morgan fingerprint density at radius 2 is 1.80 bits per heavy atom. The molecule has 1 aliphatic heterocycles. The van der Waals surface area contributed by atoms with Crippen LogP contribution in [0.25, 0.3) is 0 Å². The topological polar surface area (TPSA) is 66.4 Å². The van der Waals surface area contributed by atoms with E-state index in [1.807, 2.05) is 17.9 Å². The molecule has 0 N–H and O–H groups in total. The molecule has 0 amide bonds. The van der Waals surface area contributed by atoms with Gasteiger partial charge in [0.25, 0.3) is 0 Å². The minimum atomic E-state index is -3.72. The summed E-state index contributed by atoms with van der Waals surface area (Å²) in [5.74, 6) is -1.18. The molecule has 9 heteroatoms. The molecule has 0 unspecified atom stereocenters. The number of piperazine rings is 1. The van der Waals surface area contributed by atoms with Crippen molar-refractivity contribution in [2.24, 2.45) is 0 Å². The van der Waals surface area contributed by atoms with Crippen molar-refractivity contribution >= 4 is 15.8 Å². The van der Waals surface area contributed by atoms with Gasteiger partial charge in [0.1, 0.15) is 23.8 Å². The van der Waals surface area contributed by atoms with E-state index in [9.17, 15) is 17.2 Å². The number of nitrogens with zero attached hydrogens (tertiary/aromatic N) is 4. The van der Waals surface area contributed by atoms with Gasteiger partial charge in [0.05, 0.1) is 5.75 Å². The molecule has 6 nitrogen and oxygen atoms in total. The Hall–Kier alpha value is -2.13. The molecular formula is C16H18F2N4O2S. The van der Waals surface area contributed by atoms with Crippen LogP contribution in [0.3, 0.4) is 0 Å². The number of hydrogen-bond donors (Lipinski definition) is 0. The zero-order valence-electron chi connectivity index (χ0n) is 13.7. The van der Waals surface area contributed by atoms with Gasteiger partial charge in [-0.05, 0) is 25.1 Å². The molecular weight excluding hydrogens is 350 g/mol. The number of halogens is 2. The maximum absolute atomic E-state index is 13.7. The molecule has 0 atom stereocenters. The van der Waals surface area contributed by atoms with Gasteiger partial charge in [-0.1, -0.05) is 0 Å². The number of anilines is 1. The third-order valence-electron chi connectivity index (χ3n) is 4.09.